The van der Waals surface area contributed by atoms with Crippen LogP contribution in [0.5, 0.6) is 0 Å². The molecule has 1 aromatic carbocycles. The number of para-hydroxylation sites is 2. The van der Waals surface area contributed by atoms with E-state index >= 15 is 0 Å². The van der Waals surface area contributed by atoms with Crippen molar-refractivity contribution < 1.29 is 13.2 Å². The van der Waals surface area contributed by atoms with Crippen LogP contribution in [0.2, 0.25) is 0 Å². The Morgan fingerprint density at radius 1 is 1.33 bits per heavy atom. The van der Waals surface area contributed by atoms with Crippen LogP contribution >= 0.6 is 0 Å². The predicted molar refractivity (Wildman–Crippen MR) is 71.8 cm³/mol. The van der Waals surface area contributed by atoms with Crippen LogP contribution in [0.1, 0.15) is 13.3 Å². The highest BCUT2D eigenvalue weighted by Crippen LogP contribution is 2.21. The van der Waals surface area contributed by atoms with Crippen molar-refractivity contribution >= 4 is 27.3 Å². The first-order chi connectivity index (χ1) is 8.33. The van der Waals surface area contributed by atoms with Crippen LogP contribution in [0, 0.1) is 0 Å². The summed E-state index contributed by atoms with van der Waals surface area (Å²) in [6.45, 7) is 1.80. The van der Waals surface area contributed by atoms with Crippen molar-refractivity contribution in [2.24, 2.45) is 5.73 Å². The summed E-state index contributed by atoms with van der Waals surface area (Å²) < 4.78 is 24.7. The highest BCUT2D eigenvalue weighted by atomic mass is 32.2. The molecular weight excluding hydrogens is 254 g/mol. The van der Waals surface area contributed by atoms with Gasteiger partial charge in [-0.3, -0.25) is 9.52 Å². The van der Waals surface area contributed by atoms with Gasteiger partial charge in [-0.15, -0.1) is 0 Å². The third kappa shape index (κ3) is 4.34. The molecule has 1 unspecified atom stereocenters. The standard InChI is InChI=1S/C11H17N3O3S/c1-3-8(12)11(15)13-9-6-4-5-7-10(9)14-18(2,16)17/h4-8,14H,3,12H2,1-2H3,(H,13,15). The Balaban J connectivity index is 2.93. The van der Waals surface area contributed by atoms with Crippen LogP contribution in [0.25, 0.3) is 0 Å². The molecule has 100 valence electrons. The van der Waals surface area contributed by atoms with Gasteiger partial charge < -0.3 is 11.1 Å². The SMILES string of the molecule is CCC(N)C(=O)Nc1ccccc1NS(C)(=O)=O. The van der Waals surface area contributed by atoms with Gasteiger partial charge in [0.15, 0.2) is 0 Å². The maximum Gasteiger partial charge on any atom is 0.241 e. The average molecular weight is 271 g/mol. The van der Waals surface area contributed by atoms with E-state index in [0.717, 1.165) is 6.26 Å². The summed E-state index contributed by atoms with van der Waals surface area (Å²) >= 11 is 0. The number of amides is 1. The summed E-state index contributed by atoms with van der Waals surface area (Å²) in [5.41, 5.74) is 6.29. The van der Waals surface area contributed by atoms with Gasteiger partial charge in [0, 0.05) is 0 Å². The Labute approximate surface area is 107 Å². The molecule has 0 aliphatic heterocycles. The number of carbonyl (C=O) groups is 1. The van der Waals surface area contributed by atoms with E-state index in [2.05, 4.69) is 10.0 Å². The lowest BCUT2D eigenvalue weighted by molar-refractivity contribution is -0.117. The number of anilines is 2. The van der Waals surface area contributed by atoms with Crippen molar-refractivity contribution in [3.63, 3.8) is 0 Å². The fraction of sp³-hybridized carbons (Fsp3) is 0.364. The number of rotatable bonds is 5. The maximum atomic E-state index is 11.6. The second kappa shape index (κ2) is 5.83. The monoisotopic (exact) mass is 271 g/mol. The van der Waals surface area contributed by atoms with E-state index < -0.39 is 16.1 Å². The third-order valence-electron chi connectivity index (χ3n) is 2.26. The minimum atomic E-state index is -3.39. The van der Waals surface area contributed by atoms with Crippen LogP contribution < -0.4 is 15.8 Å². The molecule has 1 amide bonds. The Hall–Kier alpha value is -1.60. The van der Waals surface area contributed by atoms with E-state index in [1.165, 1.54) is 0 Å². The van der Waals surface area contributed by atoms with Gasteiger partial charge in [-0.05, 0) is 18.6 Å². The summed E-state index contributed by atoms with van der Waals surface area (Å²) in [6.07, 6.45) is 1.55. The second-order valence-electron chi connectivity index (χ2n) is 3.92. The molecule has 1 rings (SSSR count). The van der Waals surface area contributed by atoms with Gasteiger partial charge in [-0.2, -0.15) is 0 Å². The third-order valence-corrected chi connectivity index (χ3v) is 2.85. The maximum absolute atomic E-state index is 11.6. The Morgan fingerprint density at radius 3 is 2.39 bits per heavy atom. The second-order valence-corrected chi connectivity index (χ2v) is 5.67. The molecule has 0 heterocycles. The largest absolute Gasteiger partial charge is 0.323 e. The highest BCUT2D eigenvalue weighted by Gasteiger charge is 2.14. The number of nitrogens with one attached hydrogen (secondary N) is 2. The lowest BCUT2D eigenvalue weighted by atomic mass is 10.2. The van der Waals surface area contributed by atoms with E-state index in [4.69, 9.17) is 5.73 Å². The first kappa shape index (κ1) is 14.5. The van der Waals surface area contributed by atoms with E-state index in [0.29, 0.717) is 17.8 Å². The zero-order valence-corrected chi connectivity index (χ0v) is 11.1. The molecule has 6 nitrogen and oxygen atoms in total. The summed E-state index contributed by atoms with van der Waals surface area (Å²) in [5.74, 6) is -0.347. The summed E-state index contributed by atoms with van der Waals surface area (Å²) in [5, 5.41) is 2.59. The number of hydrogen-bond donors (Lipinski definition) is 3. The van der Waals surface area contributed by atoms with Gasteiger partial charge in [-0.1, -0.05) is 19.1 Å². The fourth-order valence-corrected chi connectivity index (χ4v) is 1.87. The number of sulfonamides is 1. The molecule has 4 N–H and O–H groups in total. The molecule has 0 spiro atoms. The first-order valence-corrected chi connectivity index (χ1v) is 7.36. The van der Waals surface area contributed by atoms with Gasteiger partial charge in [0.25, 0.3) is 0 Å². The molecule has 0 bridgehead atoms. The lowest BCUT2D eigenvalue weighted by Crippen LogP contribution is -2.35. The summed E-state index contributed by atoms with van der Waals surface area (Å²) in [4.78, 5) is 11.6. The number of hydrogen-bond acceptors (Lipinski definition) is 4. The Bertz CT molecular complexity index is 528. The van der Waals surface area contributed by atoms with E-state index in [-0.39, 0.29) is 5.91 Å². The lowest BCUT2D eigenvalue weighted by Gasteiger charge is -2.14. The zero-order valence-electron chi connectivity index (χ0n) is 10.3. The van der Waals surface area contributed by atoms with Crippen LogP contribution in [-0.2, 0) is 14.8 Å². The average Bonchev–Trinajstić information content (AvgIpc) is 2.28. The van der Waals surface area contributed by atoms with Crippen molar-refractivity contribution in [2.75, 3.05) is 16.3 Å². The van der Waals surface area contributed by atoms with Gasteiger partial charge >= 0.3 is 0 Å². The molecular formula is C11H17N3O3S. The first-order valence-electron chi connectivity index (χ1n) is 5.46. The minimum absolute atomic E-state index is 0.316. The van der Waals surface area contributed by atoms with Crippen LogP contribution in [-0.4, -0.2) is 26.6 Å². The van der Waals surface area contributed by atoms with Gasteiger partial charge in [0.1, 0.15) is 0 Å². The Kier molecular flexibility index (Phi) is 4.69. The van der Waals surface area contributed by atoms with Crippen LogP contribution in [0.3, 0.4) is 0 Å². The van der Waals surface area contributed by atoms with Gasteiger partial charge in [0.05, 0.1) is 23.7 Å². The number of carbonyl (C=O) groups excluding carboxylic acids is 1. The minimum Gasteiger partial charge on any atom is -0.323 e. The molecule has 0 aliphatic carbocycles. The molecule has 0 saturated carbocycles. The van der Waals surface area contributed by atoms with E-state index in [1.54, 1.807) is 31.2 Å². The molecule has 0 aromatic heterocycles. The van der Waals surface area contributed by atoms with Crippen molar-refractivity contribution in [1.82, 2.24) is 0 Å². The van der Waals surface area contributed by atoms with Crippen molar-refractivity contribution in [3.05, 3.63) is 24.3 Å². The van der Waals surface area contributed by atoms with Crippen molar-refractivity contribution in [1.29, 1.82) is 0 Å². The van der Waals surface area contributed by atoms with E-state index in [1.807, 2.05) is 0 Å². The predicted octanol–water partition coefficient (Wildman–Crippen LogP) is 0.734. The molecule has 7 heteroatoms. The summed E-state index contributed by atoms with van der Waals surface area (Å²) in [6, 6.07) is 5.92. The summed E-state index contributed by atoms with van der Waals surface area (Å²) in [7, 11) is -3.39. The zero-order chi connectivity index (χ0) is 13.8. The van der Waals surface area contributed by atoms with Crippen LogP contribution in [0.15, 0.2) is 24.3 Å². The van der Waals surface area contributed by atoms with Gasteiger partial charge in [-0.25, -0.2) is 8.42 Å². The van der Waals surface area contributed by atoms with Crippen LogP contribution in [0.4, 0.5) is 11.4 Å². The van der Waals surface area contributed by atoms with Crippen molar-refractivity contribution in [3.8, 4) is 0 Å². The topological polar surface area (TPSA) is 101 Å². The van der Waals surface area contributed by atoms with Gasteiger partial charge in [0.2, 0.25) is 15.9 Å². The molecule has 1 atom stereocenters. The molecule has 0 radical (unpaired) electrons. The Morgan fingerprint density at radius 2 is 1.89 bits per heavy atom. The molecule has 1 aromatic rings. The molecule has 0 fully saturated rings. The van der Waals surface area contributed by atoms with E-state index in [9.17, 15) is 13.2 Å². The normalized spacial score (nSPS) is 12.8. The highest BCUT2D eigenvalue weighted by molar-refractivity contribution is 7.92. The molecule has 0 aliphatic rings. The van der Waals surface area contributed by atoms with Crippen molar-refractivity contribution in [2.45, 2.75) is 19.4 Å². The quantitative estimate of drug-likeness (QED) is 0.735. The number of nitrogens with two attached hydrogens (primary N) is 1. The number of benzene rings is 1. The molecule has 18 heavy (non-hydrogen) atoms. The smallest absolute Gasteiger partial charge is 0.241 e. The molecule has 0 saturated heterocycles. The fourth-order valence-electron chi connectivity index (χ4n) is 1.29.